The minimum atomic E-state index is -0.208. The Morgan fingerprint density at radius 3 is 2.79 bits per heavy atom. The van der Waals surface area contributed by atoms with Crippen LogP contribution >= 0.6 is 0 Å². The number of carbonyl (C=O) groups excluding carboxylic acids is 1. The van der Waals surface area contributed by atoms with Crippen molar-refractivity contribution in [3.8, 4) is 0 Å². The number of carbonyl (C=O) groups is 1. The van der Waals surface area contributed by atoms with E-state index >= 15 is 0 Å². The van der Waals surface area contributed by atoms with E-state index in [1.54, 1.807) is 0 Å². The molecule has 0 radical (unpaired) electrons. The highest BCUT2D eigenvalue weighted by molar-refractivity contribution is 5.91. The smallest absolute Gasteiger partial charge is 0.314 e. The normalized spacial score (nSPS) is 17.3. The summed E-state index contributed by atoms with van der Waals surface area (Å²) >= 11 is 0. The van der Waals surface area contributed by atoms with E-state index in [2.05, 4.69) is 10.3 Å². The summed E-state index contributed by atoms with van der Waals surface area (Å²) in [4.78, 5) is 15.1. The van der Waals surface area contributed by atoms with Crippen molar-refractivity contribution in [2.45, 2.75) is 26.3 Å². The van der Waals surface area contributed by atoms with Crippen molar-refractivity contribution < 1.29 is 9.53 Å². The predicted octanol–water partition coefficient (Wildman–Crippen LogP) is 2.55. The average Bonchev–Trinajstić information content (AvgIpc) is 2.87. The number of para-hydroxylation sites is 1. The molecule has 2 heterocycles. The molecule has 1 aliphatic rings. The van der Waals surface area contributed by atoms with E-state index in [9.17, 15) is 4.79 Å². The Kier molecular flexibility index (Phi) is 4.22. The SMILES string of the molecule is CC.COC(=O)C1CNCc2[nH]c3ccccc3c21. The summed E-state index contributed by atoms with van der Waals surface area (Å²) in [7, 11) is 1.44. The van der Waals surface area contributed by atoms with Gasteiger partial charge in [0.05, 0.1) is 13.0 Å². The molecule has 0 bridgehead atoms. The van der Waals surface area contributed by atoms with Crippen LogP contribution in [0.2, 0.25) is 0 Å². The summed E-state index contributed by atoms with van der Waals surface area (Å²) in [6.45, 7) is 5.42. The minimum Gasteiger partial charge on any atom is -0.469 e. The molecule has 1 unspecified atom stereocenters. The third-order valence-electron chi connectivity index (χ3n) is 3.31. The maximum Gasteiger partial charge on any atom is 0.314 e. The molecule has 102 valence electrons. The number of H-pyrrole nitrogens is 1. The number of hydrogen-bond donors (Lipinski definition) is 2. The molecular weight excluding hydrogens is 240 g/mol. The molecule has 0 amide bonds. The molecule has 0 spiro atoms. The van der Waals surface area contributed by atoms with Crippen LogP contribution in [-0.4, -0.2) is 24.6 Å². The molecule has 4 heteroatoms. The number of fused-ring (bicyclic) bond motifs is 3. The molecule has 1 aliphatic heterocycles. The third kappa shape index (κ3) is 2.36. The summed E-state index contributed by atoms with van der Waals surface area (Å²) in [5.74, 6) is -0.386. The van der Waals surface area contributed by atoms with Crippen molar-refractivity contribution in [1.82, 2.24) is 10.3 Å². The van der Waals surface area contributed by atoms with Crippen LogP contribution in [-0.2, 0) is 16.1 Å². The highest BCUT2D eigenvalue weighted by atomic mass is 16.5. The second-order valence-electron chi connectivity index (χ2n) is 4.27. The van der Waals surface area contributed by atoms with Crippen molar-refractivity contribution in [2.24, 2.45) is 0 Å². The van der Waals surface area contributed by atoms with E-state index in [1.807, 2.05) is 38.1 Å². The molecule has 0 fully saturated rings. The molecule has 0 aliphatic carbocycles. The number of aromatic amines is 1. The Bertz CT molecular complexity index is 575. The largest absolute Gasteiger partial charge is 0.469 e. The van der Waals surface area contributed by atoms with E-state index in [0.29, 0.717) is 6.54 Å². The number of aromatic nitrogens is 1. The minimum absolute atomic E-state index is 0.178. The molecular formula is C15H20N2O2. The lowest BCUT2D eigenvalue weighted by molar-refractivity contribution is -0.142. The Hall–Kier alpha value is -1.81. The van der Waals surface area contributed by atoms with Gasteiger partial charge in [0.25, 0.3) is 0 Å². The van der Waals surface area contributed by atoms with Gasteiger partial charge in [-0.2, -0.15) is 0 Å². The van der Waals surface area contributed by atoms with Gasteiger partial charge < -0.3 is 15.0 Å². The molecule has 19 heavy (non-hydrogen) atoms. The van der Waals surface area contributed by atoms with Crippen molar-refractivity contribution >= 4 is 16.9 Å². The summed E-state index contributed by atoms with van der Waals surface area (Å²) in [5, 5.41) is 4.36. The first-order valence-electron chi connectivity index (χ1n) is 6.69. The maximum atomic E-state index is 11.8. The zero-order chi connectivity index (χ0) is 13.8. The Balaban J connectivity index is 0.000000637. The highest BCUT2D eigenvalue weighted by Crippen LogP contribution is 2.32. The van der Waals surface area contributed by atoms with Crippen molar-refractivity contribution in [1.29, 1.82) is 0 Å². The van der Waals surface area contributed by atoms with Gasteiger partial charge in [-0.3, -0.25) is 4.79 Å². The van der Waals surface area contributed by atoms with Crippen LogP contribution < -0.4 is 5.32 Å². The van der Waals surface area contributed by atoms with Gasteiger partial charge >= 0.3 is 5.97 Å². The number of benzene rings is 1. The van der Waals surface area contributed by atoms with Crippen LogP contribution in [0, 0.1) is 0 Å². The van der Waals surface area contributed by atoms with Gasteiger partial charge in [0.1, 0.15) is 0 Å². The average molecular weight is 260 g/mol. The van der Waals surface area contributed by atoms with Gasteiger partial charge in [-0.25, -0.2) is 0 Å². The highest BCUT2D eigenvalue weighted by Gasteiger charge is 2.30. The van der Waals surface area contributed by atoms with Crippen molar-refractivity contribution in [2.75, 3.05) is 13.7 Å². The van der Waals surface area contributed by atoms with E-state index in [0.717, 1.165) is 28.7 Å². The van der Waals surface area contributed by atoms with Crippen molar-refractivity contribution in [3.05, 3.63) is 35.5 Å². The Morgan fingerprint density at radius 1 is 1.32 bits per heavy atom. The van der Waals surface area contributed by atoms with Gasteiger partial charge in [0, 0.05) is 29.7 Å². The predicted molar refractivity (Wildman–Crippen MR) is 76.1 cm³/mol. The zero-order valence-electron chi connectivity index (χ0n) is 11.6. The molecule has 1 aromatic heterocycles. The van der Waals surface area contributed by atoms with Gasteiger partial charge in [-0.15, -0.1) is 0 Å². The first kappa shape index (κ1) is 13.6. The second kappa shape index (κ2) is 5.89. The molecule has 1 aromatic carbocycles. The van der Waals surface area contributed by atoms with Crippen LogP contribution in [0.5, 0.6) is 0 Å². The van der Waals surface area contributed by atoms with Gasteiger partial charge in [0.15, 0.2) is 0 Å². The third-order valence-corrected chi connectivity index (χ3v) is 3.31. The molecule has 2 aromatic rings. The molecule has 2 N–H and O–H groups in total. The zero-order valence-corrected chi connectivity index (χ0v) is 11.6. The van der Waals surface area contributed by atoms with Crippen molar-refractivity contribution in [3.63, 3.8) is 0 Å². The number of ether oxygens (including phenoxy) is 1. The quantitative estimate of drug-likeness (QED) is 0.775. The number of rotatable bonds is 1. The first-order chi connectivity index (χ1) is 9.31. The second-order valence-corrected chi connectivity index (χ2v) is 4.27. The fourth-order valence-electron chi connectivity index (χ4n) is 2.54. The number of nitrogens with one attached hydrogen (secondary N) is 2. The molecule has 0 saturated carbocycles. The summed E-state index contributed by atoms with van der Waals surface area (Å²) < 4.78 is 4.87. The molecule has 3 rings (SSSR count). The van der Waals surface area contributed by atoms with E-state index in [-0.39, 0.29) is 11.9 Å². The fourth-order valence-corrected chi connectivity index (χ4v) is 2.54. The standard InChI is InChI=1S/C13H14N2O2.C2H6/c1-17-13(16)9-6-14-7-11-12(9)8-4-2-3-5-10(8)15-11;1-2/h2-5,9,14-15H,6-7H2,1H3;1-2H3. The number of esters is 1. The van der Waals surface area contributed by atoms with Gasteiger partial charge in [-0.1, -0.05) is 32.0 Å². The summed E-state index contributed by atoms with van der Waals surface area (Å²) in [6.07, 6.45) is 0. The van der Waals surface area contributed by atoms with Crippen LogP contribution in [0.15, 0.2) is 24.3 Å². The monoisotopic (exact) mass is 260 g/mol. The summed E-state index contributed by atoms with van der Waals surface area (Å²) in [6, 6.07) is 8.06. The van der Waals surface area contributed by atoms with Crippen LogP contribution in [0.4, 0.5) is 0 Å². The lowest BCUT2D eigenvalue weighted by Crippen LogP contribution is -2.32. The first-order valence-corrected chi connectivity index (χ1v) is 6.69. The Labute approximate surface area is 113 Å². The maximum absolute atomic E-state index is 11.8. The fraction of sp³-hybridized carbons (Fsp3) is 0.400. The summed E-state index contributed by atoms with van der Waals surface area (Å²) in [5.41, 5.74) is 3.26. The van der Waals surface area contributed by atoms with E-state index < -0.39 is 0 Å². The lowest BCUT2D eigenvalue weighted by Gasteiger charge is -2.21. The Morgan fingerprint density at radius 2 is 2.05 bits per heavy atom. The molecule has 1 atom stereocenters. The number of hydrogen-bond acceptors (Lipinski definition) is 3. The van der Waals surface area contributed by atoms with E-state index in [4.69, 9.17) is 4.74 Å². The van der Waals surface area contributed by atoms with E-state index in [1.165, 1.54) is 7.11 Å². The lowest BCUT2D eigenvalue weighted by atomic mass is 9.93. The van der Waals surface area contributed by atoms with Crippen LogP contribution in [0.25, 0.3) is 10.9 Å². The topological polar surface area (TPSA) is 54.1 Å². The van der Waals surface area contributed by atoms with Gasteiger partial charge in [-0.05, 0) is 11.6 Å². The van der Waals surface area contributed by atoms with Crippen LogP contribution in [0.1, 0.15) is 31.0 Å². The van der Waals surface area contributed by atoms with Gasteiger partial charge in [0.2, 0.25) is 0 Å². The van der Waals surface area contributed by atoms with Crippen LogP contribution in [0.3, 0.4) is 0 Å². The molecule has 4 nitrogen and oxygen atoms in total. The number of methoxy groups -OCH3 is 1. The molecule has 0 saturated heterocycles.